The minimum atomic E-state index is -0.0277. The van der Waals surface area contributed by atoms with Gasteiger partial charge in [0, 0.05) is 13.0 Å². The maximum Gasteiger partial charge on any atom is 0.145 e. The highest BCUT2D eigenvalue weighted by Gasteiger charge is 2.11. The minimum Gasteiger partial charge on any atom is -0.377 e. The number of benzene rings is 1. The van der Waals surface area contributed by atoms with Crippen LogP contribution >= 0.6 is 0 Å². The lowest BCUT2D eigenvalue weighted by atomic mass is 10.0. The van der Waals surface area contributed by atoms with Gasteiger partial charge in [0.25, 0.3) is 0 Å². The van der Waals surface area contributed by atoms with E-state index in [9.17, 15) is 4.79 Å². The summed E-state index contributed by atoms with van der Waals surface area (Å²) in [6.07, 6.45) is 6.82. The molecule has 0 spiro atoms. The first kappa shape index (κ1) is 14.4. The summed E-state index contributed by atoms with van der Waals surface area (Å²) in [5.41, 5.74) is 1.88. The highest BCUT2D eigenvalue weighted by Crippen LogP contribution is 2.13. The third-order valence-corrected chi connectivity index (χ3v) is 2.78. The Hall–Kier alpha value is -1.67. The molecule has 0 aromatic heterocycles. The molecule has 2 atom stereocenters. The van der Waals surface area contributed by atoms with Crippen LogP contribution < -0.4 is 0 Å². The zero-order valence-electron chi connectivity index (χ0n) is 11.2. The van der Waals surface area contributed by atoms with Crippen LogP contribution in [-0.2, 0) is 9.53 Å². The number of carbonyl (C=O) groups is 1. The first-order valence-corrected chi connectivity index (χ1v) is 6.07. The van der Waals surface area contributed by atoms with Crippen LogP contribution in [0.25, 0.3) is 6.08 Å². The monoisotopic (exact) mass is 244 g/mol. The summed E-state index contributed by atoms with van der Waals surface area (Å²) in [4.78, 5) is 10.6. The maximum atomic E-state index is 10.6. The van der Waals surface area contributed by atoms with Gasteiger partial charge in [-0.25, -0.2) is 0 Å². The number of methoxy groups -OCH3 is 1. The van der Waals surface area contributed by atoms with Gasteiger partial charge in [-0.15, -0.1) is 0 Å². The molecular weight excluding hydrogens is 224 g/mol. The van der Waals surface area contributed by atoms with Crippen molar-refractivity contribution in [3.8, 4) is 0 Å². The highest BCUT2D eigenvalue weighted by atomic mass is 16.5. The minimum absolute atomic E-state index is 0.0277. The van der Waals surface area contributed by atoms with Crippen molar-refractivity contribution < 1.29 is 9.53 Å². The van der Waals surface area contributed by atoms with Gasteiger partial charge < -0.3 is 4.74 Å². The van der Waals surface area contributed by atoms with Crippen molar-refractivity contribution in [2.45, 2.75) is 20.0 Å². The van der Waals surface area contributed by atoms with E-state index in [1.807, 2.05) is 55.5 Å². The fraction of sp³-hybridized carbons (Fsp3) is 0.312. The third-order valence-electron chi connectivity index (χ3n) is 2.78. The predicted molar refractivity (Wildman–Crippen MR) is 75.3 cm³/mol. The van der Waals surface area contributed by atoms with Gasteiger partial charge in [-0.2, -0.15) is 0 Å². The number of rotatable bonds is 6. The number of allylic oxidation sites excluding steroid dienone is 1. The van der Waals surface area contributed by atoms with Crippen LogP contribution in [0.3, 0.4) is 0 Å². The Bertz CT molecular complexity index is 418. The summed E-state index contributed by atoms with van der Waals surface area (Å²) in [5.74, 6) is 0.167. The van der Waals surface area contributed by atoms with Gasteiger partial charge in [0.1, 0.15) is 6.29 Å². The van der Waals surface area contributed by atoms with Crippen molar-refractivity contribution in [3.05, 3.63) is 53.6 Å². The second kappa shape index (κ2) is 7.62. The van der Waals surface area contributed by atoms with E-state index in [-0.39, 0.29) is 12.0 Å². The average molecular weight is 244 g/mol. The molecule has 1 aromatic carbocycles. The molecule has 0 N–H and O–H groups in total. The largest absolute Gasteiger partial charge is 0.377 e. The van der Waals surface area contributed by atoms with Crippen molar-refractivity contribution in [1.29, 1.82) is 0 Å². The highest BCUT2D eigenvalue weighted by molar-refractivity contribution is 5.72. The van der Waals surface area contributed by atoms with Crippen LogP contribution in [0.4, 0.5) is 0 Å². The van der Waals surface area contributed by atoms with E-state index in [1.165, 1.54) is 0 Å². The van der Waals surface area contributed by atoms with Crippen molar-refractivity contribution >= 4 is 12.4 Å². The fourth-order valence-electron chi connectivity index (χ4n) is 1.79. The van der Waals surface area contributed by atoms with E-state index in [0.717, 1.165) is 17.4 Å². The smallest absolute Gasteiger partial charge is 0.145 e. The number of carbonyl (C=O) groups excluding carboxylic acids is 1. The summed E-state index contributed by atoms with van der Waals surface area (Å²) >= 11 is 0. The summed E-state index contributed by atoms with van der Waals surface area (Å²) in [6, 6.07) is 10.1. The van der Waals surface area contributed by atoms with Crippen LogP contribution in [0.1, 0.15) is 19.4 Å². The molecule has 0 radical (unpaired) electrons. The molecule has 0 saturated carbocycles. The Balaban J connectivity index is 2.73. The fourth-order valence-corrected chi connectivity index (χ4v) is 1.79. The lowest BCUT2D eigenvalue weighted by Gasteiger charge is -2.16. The summed E-state index contributed by atoms with van der Waals surface area (Å²) in [7, 11) is 1.68. The molecule has 18 heavy (non-hydrogen) atoms. The maximum absolute atomic E-state index is 10.6. The van der Waals surface area contributed by atoms with Crippen molar-refractivity contribution in [2.24, 2.45) is 5.92 Å². The summed E-state index contributed by atoms with van der Waals surface area (Å²) in [6.45, 7) is 3.84. The van der Waals surface area contributed by atoms with Gasteiger partial charge in [-0.1, -0.05) is 55.5 Å². The number of aldehydes is 1. The molecule has 96 valence electrons. The lowest BCUT2D eigenvalue weighted by molar-refractivity contribution is -0.104. The standard InChI is InChI=1S/C16H20O2/c1-13(12-17)11-14(2)16(18-3)10-9-15-7-5-4-6-8-15/h4-12,14,16H,1-3H3/b10-9+,13-11+/t14-,16-/m0/s1. The summed E-state index contributed by atoms with van der Waals surface area (Å²) in [5, 5.41) is 0. The van der Waals surface area contributed by atoms with Gasteiger partial charge in [0.05, 0.1) is 6.10 Å². The van der Waals surface area contributed by atoms with Crippen LogP contribution in [0.5, 0.6) is 0 Å². The molecule has 1 aromatic rings. The quantitative estimate of drug-likeness (QED) is 0.565. The second-order valence-electron chi connectivity index (χ2n) is 4.36. The molecule has 2 nitrogen and oxygen atoms in total. The van der Waals surface area contributed by atoms with Crippen molar-refractivity contribution in [1.82, 2.24) is 0 Å². The molecule has 0 unspecified atom stereocenters. The van der Waals surface area contributed by atoms with Gasteiger partial charge in [0.15, 0.2) is 0 Å². The SMILES string of the molecule is CO[C@@H](/C=C/c1ccccc1)[C@@H](C)/C=C(\C)C=O. The van der Waals surface area contributed by atoms with Crippen molar-refractivity contribution in [3.63, 3.8) is 0 Å². The lowest BCUT2D eigenvalue weighted by Crippen LogP contribution is -2.16. The van der Waals surface area contributed by atoms with E-state index in [2.05, 4.69) is 0 Å². The zero-order valence-corrected chi connectivity index (χ0v) is 11.2. The van der Waals surface area contributed by atoms with Gasteiger partial charge in [-0.3, -0.25) is 4.79 Å². The zero-order chi connectivity index (χ0) is 13.4. The second-order valence-corrected chi connectivity index (χ2v) is 4.36. The molecule has 1 rings (SSSR count). The number of hydrogen-bond acceptors (Lipinski definition) is 2. The van der Waals surface area contributed by atoms with E-state index >= 15 is 0 Å². The van der Waals surface area contributed by atoms with Gasteiger partial charge >= 0.3 is 0 Å². The number of ether oxygens (including phenoxy) is 1. The van der Waals surface area contributed by atoms with Crippen LogP contribution in [0.15, 0.2) is 48.1 Å². The molecule has 0 aliphatic rings. The Morgan fingerprint density at radius 2 is 1.94 bits per heavy atom. The van der Waals surface area contributed by atoms with E-state index in [0.29, 0.717) is 0 Å². The Kier molecular flexibility index (Phi) is 6.09. The van der Waals surface area contributed by atoms with Crippen LogP contribution in [-0.4, -0.2) is 19.5 Å². The summed E-state index contributed by atoms with van der Waals surface area (Å²) < 4.78 is 5.43. The Morgan fingerprint density at radius 1 is 1.28 bits per heavy atom. The van der Waals surface area contributed by atoms with Crippen LogP contribution in [0.2, 0.25) is 0 Å². The third kappa shape index (κ3) is 4.68. The molecular formula is C16H20O2. The Morgan fingerprint density at radius 3 is 2.50 bits per heavy atom. The van der Waals surface area contributed by atoms with Crippen molar-refractivity contribution in [2.75, 3.05) is 7.11 Å². The van der Waals surface area contributed by atoms with E-state index < -0.39 is 0 Å². The van der Waals surface area contributed by atoms with E-state index in [4.69, 9.17) is 4.74 Å². The molecule has 0 aliphatic carbocycles. The van der Waals surface area contributed by atoms with Gasteiger partial charge in [0.2, 0.25) is 0 Å². The molecule has 0 aliphatic heterocycles. The first-order valence-electron chi connectivity index (χ1n) is 6.07. The molecule has 0 amide bonds. The van der Waals surface area contributed by atoms with E-state index in [1.54, 1.807) is 14.0 Å². The molecule has 0 fully saturated rings. The number of hydrogen-bond donors (Lipinski definition) is 0. The van der Waals surface area contributed by atoms with Crippen LogP contribution in [0, 0.1) is 5.92 Å². The first-order chi connectivity index (χ1) is 8.67. The normalized spacial score (nSPS) is 15.6. The molecule has 2 heteroatoms. The molecule has 0 saturated heterocycles. The topological polar surface area (TPSA) is 26.3 Å². The van der Waals surface area contributed by atoms with Gasteiger partial charge in [-0.05, 0) is 18.1 Å². The molecule has 0 heterocycles. The molecule has 0 bridgehead atoms. The Labute approximate surface area is 109 Å². The average Bonchev–Trinajstić information content (AvgIpc) is 2.40. The predicted octanol–water partition coefficient (Wildman–Crippen LogP) is 3.50.